The highest BCUT2D eigenvalue weighted by Crippen LogP contribution is 2.28. The van der Waals surface area contributed by atoms with Gasteiger partial charge in [-0.2, -0.15) is 0 Å². The Morgan fingerprint density at radius 1 is 1.39 bits per heavy atom. The van der Waals surface area contributed by atoms with Crippen LogP contribution in [0.25, 0.3) is 0 Å². The third-order valence-electron chi connectivity index (χ3n) is 2.82. The van der Waals surface area contributed by atoms with Gasteiger partial charge in [-0.3, -0.25) is 10.1 Å². The van der Waals surface area contributed by atoms with Crippen molar-refractivity contribution in [3.8, 4) is 0 Å². The average molecular weight is 257 g/mol. The minimum Gasteiger partial charge on any atom is -0.381 e. The molecule has 0 aromatic carbocycles. The molecule has 0 aliphatic heterocycles. The SMILES string of the molecule is CNC(=O)NC(=O)C(C)NCCCOCC1CC1. The molecule has 1 saturated carbocycles. The van der Waals surface area contributed by atoms with Crippen LogP contribution in [0.1, 0.15) is 26.2 Å². The molecule has 1 atom stereocenters. The number of amides is 3. The second-order valence-electron chi connectivity index (χ2n) is 4.62. The predicted molar refractivity (Wildman–Crippen MR) is 68.2 cm³/mol. The molecule has 6 heteroatoms. The molecule has 1 unspecified atom stereocenters. The minimum absolute atomic E-state index is 0.326. The third kappa shape index (κ3) is 6.56. The standard InChI is InChI=1S/C12H23N3O3/c1-9(11(16)15-12(17)13-2)14-6-3-7-18-8-10-4-5-10/h9-10,14H,3-8H2,1-2H3,(H2,13,15,16,17). The maximum Gasteiger partial charge on any atom is 0.321 e. The number of hydrogen-bond acceptors (Lipinski definition) is 4. The van der Waals surface area contributed by atoms with E-state index in [9.17, 15) is 9.59 Å². The monoisotopic (exact) mass is 257 g/mol. The summed E-state index contributed by atoms with van der Waals surface area (Å²) in [7, 11) is 1.47. The lowest BCUT2D eigenvalue weighted by Gasteiger charge is -2.13. The van der Waals surface area contributed by atoms with Gasteiger partial charge in [-0.05, 0) is 38.6 Å². The normalized spacial score (nSPS) is 16.1. The van der Waals surface area contributed by atoms with E-state index in [1.807, 2.05) is 0 Å². The molecule has 0 bridgehead atoms. The van der Waals surface area contributed by atoms with E-state index in [0.717, 1.165) is 18.9 Å². The molecule has 0 heterocycles. The Hall–Kier alpha value is -1.14. The number of imide groups is 1. The topological polar surface area (TPSA) is 79.5 Å². The van der Waals surface area contributed by atoms with Crippen molar-refractivity contribution in [3.05, 3.63) is 0 Å². The van der Waals surface area contributed by atoms with Crippen LogP contribution in [0.15, 0.2) is 0 Å². The van der Waals surface area contributed by atoms with E-state index in [1.165, 1.54) is 19.9 Å². The number of rotatable bonds is 8. The van der Waals surface area contributed by atoms with Crippen LogP contribution < -0.4 is 16.0 Å². The number of nitrogens with one attached hydrogen (secondary N) is 3. The van der Waals surface area contributed by atoms with Crippen molar-refractivity contribution in [3.63, 3.8) is 0 Å². The van der Waals surface area contributed by atoms with Crippen LogP contribution in [0, 0.1) is 5.92 Å². The predicted octanol–water partition coefficient (Wildman–Crippen LogP) is 0.237. The second kappa shape index (κ2) is 8.05. The molecule has 0 radical (unpaired) electrons. The van der Waals surface area contributed by atoms with Crippen LogP contribution in [-0.2, 0) is 9.53 Å². The fourth-order valence-electron chi connectivity index (χ4n) is 1.40. The fourth-order valence-corrected chi connectivity index (χ4v) is 1.40. The summed E-state index contributed by atoms with van der Waals surface area (Å²) in [5.74, 6) is 0.462. The first-order valence-electron chi connectivity index (χ1n) is 6.47. The van der Waals surface area contributed by atoms with Crippen molar-refractivity contribution in [2.45, 2.75) is 32.2 Å². The molecule has 3 N–H and O–H groups in total. The van der Waals surface area contributed by atoms with Gasteiger partial charge in [-0.15, -0.1) is 0 Å². The summed E-state index contributed by atoms with van der Waals surface area (Å²) in [6, 6.07) is -0.868. The minimum atomic E-state index is -0.485. The van der Waals surface area contributed by atoms with Gasteiger partial charge in [0.25, 0.3) is 0 Å². The molecule has 1 aliphatic rings. The van der Waals surface area contributed by atoms with E-state index in [2.05, 4.69) is 16.0 Å². The number of hydrogen-bond donors (Lipinski definition) is 3. The summed E-state index contributed by atoms with van der Waals surface area (Å²) in [6.45, 7) is 4.01. The van der Waals surface area contributed by atoms with Gasteiger partial charge in [0.1, 0.15) is 0 Å². The van der Waals surface area contributed by atoms with E-state index < -0.39 is 6.03 Å². The molecule has 6 nitrogen and oxygen atoms in total. The molecule has 1 rings (SSSR count). The first kappa shape index (κ1) is 14.9. The van der Waals surface area contributed by atoms with Crippen molar-refractivity contribution in [2.75, 3.05) is 26.8 Å². The summed E-state index contributed by atoms with van der Waals surface area (Å²) < 4.78 is 5.48. The van der Waals surface area contributed by atoms with Gasteiger partial charge in [0.2, 0.25) is 5.91 Å². The fraction of sp³-hybridized carbons (Fsp3) is 0.833. The summed E-state index contributed by atoms with van der Waals surface area (Å²) in [6.07, 6.45) is 3.47. The number of urea groups is 1. The molecule has 0 aromatic heterocycles. The molecule has 0 aromatic rings. The Kier molecular flexibility index (Phi) is 6.67. The van der Waals surface area contributed by atoms with Crippen LogP contribution in [0.5, 0.6) is 0 Å². The van der Waals surface area contributed by atoms with E-state index in [0.29, 0.717) is 13.2 Å². The summed E-state index contributed by atoms with van der Waals surface area (Å²) in [5, 5.41) is 7.60. The summed E-state index contributed by atoms with van der Waals surface area (Å²) >= 11 is 0. The zero-order valence-electron chi connectivity index (χ0n) is 11.1. The van der Waals surface area contributed by atoms with Crippen molar-refractivity contribution in [1.82, 2.24) is 16.0 Å². The zero-order valence-corrected chi connectivity index (χ0v) is 11.1. The molecular formula is C12H23N3O3. The Morgan fingerprint density at radius 2 is 2.11 bits per heavy atom. The Bertz CT molecular complexity index is 280. The summed E-state index contributed by atoms with van der Waals surface area (Å²) in [5.41, 5.74) is 0. The Balaban J connectivity index is 1.95. The first-order chi connectivity index (χ1) is 8.63. The number of carbonyl (C=O) groups is 2. The zero-order chi connectivity index (χ0) is 13.4. The van der Waals surface area contributed by atoms with Crippen molar-refractivity contribution in [2.24, 2.45) is 5.92 Å². The lowest BCUT2D eigenvalue weighted by atomic mass is 10.3. The van der Waals surface area contributed by atoms with Crippen LogP contribution in [0.2, 0.25) is 0 Å². The maximum absolute atomic E-state index is 11.5. The molecule has 1 fully saturated rings. The van der Waals surface area contributed by atoms with Crippen molar-refractivity contribution in [1.29, 1.82) is 0 Å². The van der Waals surface area contributed by atoms with E-state index in [1.54, 1.807) is 6.92 Å². The largest absolute Gasteiger partial charge is 0.381 e. The highest BCUT2D eigenvalue weighted by atomic mass is 16.5. The first-order valence-corrected chi connectivity index (χ1v) is 6.47. The van der Waals surface area contributed by atoms with Gasteiger partial charge >= 0.3 is 6.03 Å². The second-order valence-corrected chi connectivity index (χ2v) is 4.62. The van der Waals surface area contributed by atoms with Gasteiger partial charge < -0.3 is 15.4 Å². The van der Waals surface area contributed by atoms with Crippen LogP contribution >= 0.6 is 0 Å². The van der Waals surface area contributed by atoms with Gasteiger partial charge in [-0.25, -0.2) is 4.79 Å². The molecular weight excluding hydrogens is 234 g/mol. The number of carbonyl (C=O) groups excluding carboxylic acids is 2. The van der Waals surface area contributed by atoms with Crippen molar-refractivity contribution >= 4 is 11.9 Å². The van der Waals surface area contributed by atoms with Crippen LogP contribution in [0.4, 0.5) is 4.79 Å². The van der Waals surface area contributed by atoms with E-state index in [-0.39, 0.29) is 11.9 Å². The van der Waals surface area contributed by atoms with Crippen LogP contribution in [0.3, 0.4) is 0 Å². The van der Waals surface area contributed by atoms with Crippen molar-refractivity contribution < 1.29 is 14.3 Å². The highest BCUT2D eigenvalue weighted by Gasteiger charge is 2.20. The lowest BCUT2D eigenvalue weighted by Crippen LogP contribution is -2.47. The quantitative estimate of drug-likeness (QED) is 0.544. The van der Waals surface area contributed by atoms with Gasteiger partial charge in [0, 0.05) is 20.3 Å². The maximum atomic E-state index is 11.5. The van der Waals surface area contributed by atoms with E-state index >= 15 is 0 Å². The van der Waals surface area contributed by atoms with E-state index in [4.69, 9.17) is 4.74 Å². The highest BCUT2D eigenvalue weighted by molar-refractivity contribution is 5.96. The Labute approximate surface area is 108 Å². The Morgan fingerprint density at radius 3 is 2.72 bits per heavy atom. The average Bonchev–Trinajstić information content (AvgIpc) is 3.16. The molecule has 104 valence electrons. The number of ether oxygens (including phenoxy) is 1. The molecule has 0 saturated heterocycles. The molecule has 0 spiro atoms. The lowest BCUT2D eigenvalue weighted by molar-refractivity contribution is -0.121. The molecule has 3 amide bonds. The third-order valence-corrected chi connectivity index (χ3v) is 2.82. The molecule has 18 heavy (non-hydrogen) atoms. The van der Waals surface area contributed by atoms with Gasteiger partial charge in [0.15, 0.2) is 0 Å². The summed E-state index contributed by atoms with van der Waals surface area (Å²) in [4.78, 5) is 22.4. The van der Waals surface area contributed by atoms with Gasteiger partial charge in [-0.1, -0.05) is 0 Å². The molecule has 1 aliphatic carbocycles. The van der Waals surface area contributed by atoms with Crippen LogP contribution in [-0.4, -0.2) is 44.8 Å². The van der Waals surface area contributed by atoms with Gasteiger partial charge in [0.05, 0.1) is 6.04 Å². The smallest absolute Gasteiger partial charge is 0.321 e.